The lowest BCUT2D eigenvalue weighted by Gasteiger charge is -2.13. The van der Waals surface area contributed by atoms with Gasteiger partial charge in [-0.1, -0.05) is 137 Å². The van der Waals surface area contributed by atoms with Crippen molar-refractivity contribution in [3.63, 3.8) is 0 Å². The highest BCUT2D eigenvalue weighted by Gasteiger charge is 2.19. The summed E-state index contributed by atoms with van der Waals surface area (Å²) in [6, 6.07) is -1.71. The summed E-state index contributed by atoms with van der Waals surface area (Å²) in [4.78, 5) is 66.7. The van der Waals surface area contributed by atoms with Gasteiger partial charge in [0, 0.05) is 19.5 Å². The van der Waals surface area contributed by atoms with Crippen LogP contribution in [0.4, 0.5) is 0 Å². The molecule has 0 aromatic heterocycles. The summed E-state index contributed by atoms with van der Waals surface area (Å²) in [5, 5.41) is 75.5. The van der Waals surface area contributed by atoms with Crippen LogP contribution in [0.15, 0.2) is 0 Å². The van der Waals surface area contributed by atoms with Gasteiger partial charge in [-0.3, -0.25) is 28.8 Å². The van der Waals surface area contributed by atoms with Gasteiger partial charge in [0.15, 0.2) is 0 Å². The minimum atomic E-state index is -1.12. The van der Waals surface area contributed by atoms with Gasteiger partial charge in [0.2, 0.25) is 0 Å². The second-order valence-corrected chi connectivity index (χ2v) is 14.5. The molecule has 25 nitrogen and oxygen atoms in total. The van der Waals surface area contributed by atoms with Crippen LogP contribution in [-0.2, 0) is 88.6 Å². The van der Waals surface area contributed by atoms with E-state index >= 15 is 0 Å². The molecule has 2 unspecified atom stereocenters. The number of carbonyl (C=O) groups is 6. The van der Waals surface area contributed by atoms with E-state index in [-0.39, 0.29) is 70.3 Å². The fraction of sp³-hybridized carbons (Fsp3) is 0.854. The van der Waals surface area contributed by atoms with Crippen molar-refractivity contribution in [2.45, 2.75) is 201 Å². The topological polar surface area (TPSA) is 338 Å². The maximum Gasteiger partial charge on any atom is 0.320 e. The first-order valence-electron chi connectivity index (χ1n) is 22.6. The second-order valence-electron chi connectivity index (χ2n) is 14.5. The highest BCUT2D eigenvalue weighted by molar-refractivity contribution is 5.86. The van der Waals surface area contributed by atoms with Crippen molar-refractivity contribution >= 4 is 35.6 Å². The van der Waals surface area contributed by atoms with Crippen LogP contribution in [0.5, 0.6) is 0 Å². The molecule has 0 aliphatic rings. The Kier molecular flexibility index (Phi) is 56.4. The summed E-state index contributed by atoms with van der Waals surface area (Å²) in [5.41, 5.74) is 0. The van der Waals surface area contributed by atoms with Crippen LogP contribution in [0, 0.1) is 0 Å². The number of carbonyl (C=O) groups excluding carboxylic acids is 3. The Balaban J connectivity index is -0.000000467. The van der Waals surface area contributed by atoms with E-state index in [4.69, 9.17) is 31.5 Å². The van der Waals surface area contributed by atoms with Crippen molar-refractivity contribution in [1.29, 1.82) is 1.43 Å². The molecule has 0 fully saturated rings. The van der Waals surface area contributed by atoms with Gasteiger partial charge >= 0.3 is 29.8 Å². The Labute approximate surface area is 388 Å². The molecule has 7 N–H and O–H groups in total. The van der Waals surface area contributed by atoms with Crippen LogP contribution in [0.2, 0.25) is 0 Å². The second kappa shape index (κ2) is 55.8. The summed E-state index contributed by atoms with van der Waals surface area (Å²) in [5.74, 6) is -4.12. The van der Waals surface area contributed by atoms with Crippen LogP contribution < -0.4 is 10.6 Å². The van der Waals surface area contributed by atoms with E-state index in [1.165, 1.54) is 103 Å². The maximum absolute atomic E-state index is 11.6. The molecule has 392 valence electrons. The SMILES string of the molecule is C.CCCCCCCCCCCCOC(=O)CCNC(CC(=O)O)C(C)=O.CCCCCCCCCCCCOC(=O)CCNC(CCC(=O)O)C(=O)O.[2H]OOOOOOOOOOOO. The molecule has 2 atom stereocenters. The van der Waals surface area contributed by atoms with Crippen molar-refractivity contribution in [2.24, 2.45) is 0 Å². The summed E-state index contributed by atoms with van der Waals surface area (Å²) in [7, 11) is 0. The third kappa shape index (κ3) is 58.5. The van der Waals surface area contributed by atoms with Gasteiger partial charge in [-0.15, -0.1) is 0 Å². The molecule has 0 saturated carbocycles. The van der Waals surface area contributed by atoms with Gasteiger partial charge in [0.25, 0.3) is 1.43 Å². The minimum absolute atomic E-state index is 0. The van der Waals surface area contributed by atoms with Gasteiger partial charge in [0.05, 0.1) is 38.5 Å². The maximum atomic E-state index is 11.6. The van der Waals surface area contributed by atoms with Crippen molar-refractivity contribution in [2.75, 3.05) is 26.3 Å². The molecule has 0 heterocycles. The van der Waals surface area contributed by atoms with Crippen LogP contribution >= 0.6 is 0 Å². The number of rotatable bonds is 47. The van der Waals surface area contributed by atoms with Gasteiger partial charge in [-0.05, 0) is 76.6 Å². The standard InChI is InChI=1S/C20H37NO6.C20H37NO5.CH4.H2O12/c1-2-3-4-5-6-7-8-9-10-11-16-27-19(24)14-15-21-17(20(25)26)12-13-18(22)23;1-3-4-5-6-7-8-9-10-11-12-15-26-20(25)13-14-21-18(17(2)22)16-19(23)24;;1-3-5-7-9-11-12-10-8-6-4-2/h17,21H,2-16H2,1H3,(H,22,23)(H,25,26);18,21H,3-16H2,1-2H3,(H,23,24);1H4;1-2H/i/hD. The summed E-state index contributed by atoms with van der Waals surface area (Å²) >= 11 is 0. The predicted molar refractivity (Wildman–Crippen MR) is 229 cm³/mol. The number of hydrogen-bond acceptors (Lipinski definition) is 22. The summed E-state index contributed by atoms with van der Waals surface area (Å²) in [6.07, 6.45) is 24.2. The average Bonchev–Trinajstić information content (AvgIpc) is 3.27. The van der Waals surface area contributed by atoms with E-state index in [0.29, 0.717) is 13.2 Å². The van der Waals surface area contributed by atoms with Gasteiger partial charge in [0.1, 0.15) is 11.8 Å². The van der Waals surface area contributed by atoms with Crippen molar-refractivity contribution in [3.8, 4) is 0 Å². The van der Waals surface area contributed by atoms with Crippen molar-refractivity contribution < 1.29 is 114 Å². The molecule has 0 bridgehead atoms. The zero-order chi connectivity index (χ0) is 49.7. The fourth-order valence-electron chi connectivity index (χ4n) is 5.60. The summed E-state index contributed by atoms with van der Waals surface area (Å²) < 4.78 is 16.1. The number of ether oxygens (including phenoxy) is 2. The first-order chi connectivity index (χ1) is 31.9. The largest absolute Gasteiger partial charge is 0.481 e. The quantitative estimate of drug-likeness (QED) is 0.0134. The molecule has 0 spiro atoms. The highest BCUT2D eigenvalue weighted by atomic mass is 17.9. The number of unbranched alkanes of at least 4 members (excludes halogenated alkanes) is 18. The van der Waals surface area contributed by atoms with E-state index in [1.807, 2.05) is 0 Å². The van der Waals surface area contributed by atoms with E-state index < -0.39 is 30.0 Å². The lowest BCUT2D eigenvalue weighted by Crippen LogP contribution is -2.38. The Morgan fingerprint density at radius 1 is 0.500 bits per heavy atom. The molecule has 0 aliphatic carbocycles. The number of ketones is 1. The lowest BCUT2D eigenvalue weighted by atomic mass is 10.1. The van der Waals surface area contributed by atoms with Crippen LogP contribution in [-0.4, -0.2) is 99.9 Å². The zero-order valence-electron chi connectivity index (χ0n) is 39.2. The number of hydrogen-bond donors (Lipinski definition) is 7. The highest BCUT2D eigenvalue weighted by Crippen LogP contribution is 2.12. The Bertz CT molecular complexity index is 1150. The number of aliphatic carboxylic acids is 3. The van der Waals surface area contributed by atoms with E-state index in [9.17, 15) is 28.8 Å². The van der Waals surface area contributed by atoms with Crippen LogP contribution in [0.3, 0.4) is 0 Å². The Morgan fingerprint density at radius 2 is 0.864 bits per heavy atom. The first-order valence-corrected chi connectivity index (χ1v) is 22.2. The molecular formula is C41H80N2O23. The van der Waals surface area contributed by atoms with E-state index in [1.54, 1.807) is 0 Å². The third-order valence-corrected chi connectivity index (χ3v) is 9.03. The predicted octanol–water partition coefficient (Wildman–Crippen LogP) is 7.58. The van der Waals surface area contributed by atoms with E-state index in [0.717, 1.165) is 32.1 Å². The van der Waals surface area contributed by atoms with Crippen molar-refractivity contribution in [3.05, 3.63) is 0 Å². The zero-order valence-corrected chi connectivity index (χ0v) is 38.2. The molecule has 0 radical (unpaired) electrons. The molecule has 0 aromatic carbocycles. The molecule has 0 aromatic rings. The third-order valence-electron chi connectivity index (χ3n) is 9.03. The molecule has 0 aliphatic heterocycles. The normalized spacial score (nSPS) is 11.7. The average molecular weight is 970 g/mol. The number of esters is 2. The summed E-state index contributed by atoms with van der Waals surface area (Å²) in [6.45, 7) is 7.02. The van der Waals surface area contributed by atoms with Gasteiger partial charge in [-0.25, -0.2) is 10.5 Å². The molecule has 0 saturated heterocycles. The van der Waals surface area contributed by atoms with E-state index in [2.05, 4.69) is 80.1 Å². The first kappa shape index (κ1) is 66.7. The fourth-order valence-corrected chi connectivity index (χ4v) is 5.60. The smallest absolute Gasteiger partial charge is 0.320 e. The molecular weight excluding hydrogens is 888 g/mol. The molecule has 25 heteroatoms. The monoisotopic (exact) mass is 970 g/mol. The van der Waals surface area contributed by atoms with Crippen LogP contribution in [0.25, 0.3) is 1.43 Å². The molecule has 66 heavy (non-hydrogen) atoms. The van der Waals surface area contributed by atoms with Gasteiger partial charge < -0.3 is 35.4 Å². The number of carboxylic acid groups (broad SMARTS) is 3. The molecule has 0 rings (SSSR count). The van der Waals surface area contributed by atoms with Gasteiger partial charge in [-0.2, -0.15) is 0 Å². The number of nitrogens with one attached hydrogen (secondary N) is 2. The Morgan fingerprint density at radius 3 is 1.20 bits per heavy atom. The number of carboxylic acids is 3. The Hall–Kier alpha value is -3.54. The van der Waals surface area contributed by atoms with Crippen molar-refractivity contribution in [1.82, 2.24) is 10.6 Å². The van der Waals surface area contributed by atoms with Crippen LogP contribution in [0.1, 0.15) is 189 Å². The lowest BCUT2D eigenvalue weighted by molar-refractivity contribution is -0.862. The minimum Gasteiger partial charge on any atom is -0.481 e. The molecule has 0 amide bonds. The number of Topliss-reactive ketones (excluding diaryl/α,β-unsaturated/α-hetero) is 1.